The molecule has 0 amide bonds. The van der Waals surface area contributed by atoms with Crippen molar-refractivity contribution in [1.82, 2.24) is 5.32 Å². The molecule has 1 unspecified atom stereocenters. The molecule has 5 nitrogen and oxygen atoms in total. The molecule has 0 aromatic heterocycles. The Kier molecular flexibility index (Phi) is 6.40. The largest absolute Gasteiger partial charge is 0.378 e. The van der Waals surface area contributed by atoms with Crippen molar-refractivity contribution < 1.29 is 17.9 Å². The molecule has 0 radical (unpaired) electrons. The molecule has 1 N–H and O–H groups in total. The van der Waals surface area contributed by atoms with Crippen LogP contribution in [0.2, 0.25) is 0 Å². The zero-order valence-corrected chi connectivity index (χ0v) is 11.5. The minimum Gasteiger partial charge on any atom is -0.378 e. The summed E-state index contributed by atoms with van der Waals surface area (Å²) in [5.41, 5.74) is 0. The Labute approximate surface area is 104 Å². The first kappa shape index (κ1) is 14.9. The van der Waals surface area contributed by atoms with Gasteiger partial charge in [0.15, 0.2) is 9.84 Å². The first-order chi connectivity index (χ1) is 7.99. The average Bonchev–Trinajstić information content (AvgIpc) is 2.56. The molecule has 0 saturated carbocycles. The van der Waals surface area contributed by atoms with Gasteiger partial charge in [-0.1, -0.05) is 0 Å². The van der Waals surface area contributed by atoms with Crippen LogP contribution in [0.5, 0.6) is 0 Å². The van der Waals surface area contributed by atoms with Crippen molar-refractivity contribution >= 4 is 9.84 Å². The van der Waals surface area contributed by atoms with Gasteiger partial charge in [0.05, 0.1) is 37.4 Å². The number of hydrogen-bond acceptors (Lipinski definition) is 5. The summed E-state index contributed by atoms with van der Waals surface area (Å²) in [6.07, 6.45) is 0.958. The SMILES string of the molecule is CC(C)OCCOCCNC1CCS(=O)(=O)C1. The maximum absolute atomic E-state index is 11.2. The van der Waals surface area contributed by atoms with E-state index in [0.29, 0.717) is 32.1 Å². The monoisotopic (exact) mass is 265 g/mol. The zero-order valence-electron chi connectivity index (χ0n) is 10.6. The fourth-order valence-electron chi connectivity index (χ4n) is 1.74. The Morgan fingerprint density at radius 1 is 1.29 bits per heavy atom. The van der Waals surface area contributed by atoms with Gasteiger partial charge < -0.3 is 14.8 Å². The Balaban J connectivity index is 1.91. The molecule has 0 bridgehead atoms. The molecule has 1 saturated heterocycles. The maximum Gasteiger partial charge on any atom is 0.151 e. The fourth-order valence-corrected chi connectivity index (χ4v) is 3.44. The van der Waals surface area contributed by atoms with E-state index in [1.165, 1.54) is 0 Å². The van der Waals surface area contributed by atoms with E-state index in [1.54, 1.807) is 0 Å². The average molecular weight is 265 g/mol. The molecule has 1 aliphatic heterocycles. The van der Waals surface area contributed by atoms with E-state index in [0.717, 1.165) is 6.42 Å². The smallest absolute Gasteiger partial charge is 0.151 e. The number of rotatable bonds is 8. The van der Waals surface area contributed by atoms with Gasteiger partial charge in [-0.2, -0.15) is 0 Å². The standard InChI is InChI=1S/C11H23NO4S/c1-10(2)16-7-6-15-5-4-12-11-3-8-17(13,14)9-11/h10-12H,3-9H2,1-2H3. The molecular weight excluding hydrogens is 242 g/mol. The molecule has 1 aliphatic rings. The predicted octanol–water partition coefficient (Wildman–Crippen LogP) is 0.205. The van der Waals surface area contributed by atoms with Gasteiger partial charge in [-0.25, -0.2) is 8.42 Å². The molecule has 0 spiro atoms. The van der Waals surface area contributed by atoms with E-state index in [4.69, 9.17) is 9.47 Å². The molecule has 17 heavy (non-hydrogen) atoms. The van der Waals surface area contributed by atoms with Gasteiger partial charge in [0, 0.05) is 12.6 Å². The second-order valence-electron chi connectivity index (χ2n) is 4.59. The first-order valence-corrected chi connectivity index (χ1v) is 7.95. The van der Waals surface area contributed by atoms with Crippen LogP contribution < -0.4 is 5.32 Å². The van der Waals surface area contributed by atoms with Crippen LogP contribution in [0.1, 0.15) is 20.3 Å². The lowest BCUT2D eigenvalue weighted by atomic mass is 10.3. The van der Waals surface area contributed by atoms with Crippen LogP contribution in [0.25, 0.3) is 0 Å². The molecule has 0 aromatic rings. The summed E-state index contributed by atoms with van der Waals surface area (Å²) in [4.78, 5) is 0. The van der Waals surface area contributed by atoms with Gasteiger partial charge in [0.2, 0.25) is 0 Å². The normalized spacial score (nSPS) is 23.4. The third-order valence-corrected chi connectivity index (χ3v) is 4.36. The molecule has 1 fully saturated rings. The summed E-state index contributed by atoms with van der Waals surface area (Å²) in [6, 6.07) is 0.107. The van der Waals surface area contributed by atoms with Crippen molar-refractivity contribution in [3.63, 3.8) is 0 Å². The van der Waals surface area contributed by atoms with Crippen LogP contribution in [0.4, 0.5) is 0 Å². The Hall–Kier alpha value is -0.170. The highest BCUT2D eigenvalue weighted by molar-refractivity contribution is 7.91. The van der Waals surface area contributed by atoms with Gasteiger partial charge >= 0.3 is 0 Å². The van der Waals surface area contributed by atoms with Crippen LogP contribution in [0, 0.1) is 0 Å². The maximum atomic E-state index is 11.2. The van der Waals surface area contributed by atoms with Gasteiger partial charge in [0.25, 0.3) is 0 Å². The molecule has 6 heteroatoms. The quantitative estimate of drug-likeness (QED) is 0.635. The highest BCUT2D eigenvalue weighted by atomic mass is 32.2. The zero-order chi connectivity index (χ0) is 12.7. The van der Waals surface area contributed by atoms with Crippen LogP contribution >= 0.6 is 0 Å². The lowest BCUT2D eigenvalue weighted by Crippen LogP contribution is -2.33. The van der Waals surface area contributed by atoms with Gasteiger partial charge in [-0.05, 0) is 20.3 Å². The number of sulfone groups is 1. The summed E-state index contributed by atoms with van der Waals surface area (Å²) < 4.78 is 33.1. The van der Waals surface area contributed by atoms with Crippen molar-refractivity contribution in [2.75, 3.05) is 37.9 Å². The third-order valence-electron chi connectivity index (χ3n) is 2.59. The van der Waals surface area contributed by atoms with E-state index in [9.17, 15) is 8.42 Å². The summed E-state index contributed by atoms with van der Waals surface area (Å²) in [6.45, 7) is 6.46. The molecule has 1 atom stereocenters. The number of hydrogen-bond donors (Lipinski definition) is 1. The van der Waals surface area contributed by atoms with Crippen molar-refractivity contribution in [1.29, 1.82) is 0 Å². The van der Waals surface area contributed by atoms with Crippen LogP contribution in [-0.4, -0.2) is 58.4 Å². The van der Waals surface area contributed by atoms with Crippen LogP contribution in [0.15, 0.2) is 0 Å². The predicted molar refractivity (Wildman–Crippen MR) is 67.0 cm³/mol. The van der Waals surface area contributed by atoms with Crippen molar-refractivity contribution in [3.8, 4) is 0 Å². The van der Waals surface area contributed by atoms with E-state index < -0.39 is 9.84 Å². The molecule has 0 aromatic carbocycles. The van der Waals surface area contributed by atoms with Crippen molar-refractivity contribution in [2.45, 2.75) is 32.4 Å². The van der Waals surface area contributed by atoms with Gasteiger partial charge in [0.1, 0.15) is 0 Å². The lowest BCUT2D eigenvalue weighted by molar-refractivity contribution is 0.0201. The summed E-state index contributed by atoms with van der Waals surface area (Å²) in [5.74, 6) is 0.581. The van der Waals surface area contributed by atoms with E-state index >= 15 is 0 Å². The molecular formula is C11H23NO4S. The Morgan fingerprint density at radius 3 is 2.65 bits per heavy atom. The molecule has 1 heterocycles. The third kappa shape index (κ3) is 6.98. The fraction of sp³-hybridized carbons (Fsp3) is 1.00. The minimum atomic E-state index is -2.78. The first-order valence-electron chi connectivity index (χ1n) is 6.13. The Morgan fingerprint density at radius 2 is 2.06 bits per heavy atom. The van der Waals surface area contributed by atoms with Crippen molar-refractivity contribution in [3.05, 3.63) is 0 Å². The highest BCUT2D eigenvalue weighted by Crippen LogP contribution is 2.10. The minimum absolute atomic E-state index is 0.107. The van der Waals surface area contributed by atoms with E-state index in [1.807, 2.05) is 13.8 Å². The number of nitrogens with one attached hydrogen (secondary N) is 1. The van der Waals surface area contributed by atoms with Crippen molar-refractivity contribution in [2.24, 2.45) is 0 Å². The van der Waals surface area contributed by atoms with Crippen LogP contribution in [-0.2, 0) is 19.3 Å². The molecule has 0 aliphatic carbocycles. The lowest BCUT2D eigenvalue weighted by Gasteiger charge is -2.11. The Bertz CT molecular complexity index is 303. The van der Waals surface area contributed by atoms with Gasteiger partial charge in [-0.3, -0.25) is 0 Å². The van der Waals surface area contributed by atoms with E-state index in [2.05, 4.69) is 5.32 Å². The molecule has 1 rings (SSSR count). The second kappa shape index (κ2) is 7.31. The summed E-state index contributed by atoms with van der Waals surface area (Å²) >= 11 is 0. The number of ether oxygens (including phenoxy) is 2. The van der Waals surface area contributed by atoms with E-state index in [-0.39, 0.29) is 17.9 Å². The summed E-state index contributed by atoms with van der Waals surface area (Å²) in [7, 11) is -2.78. The highest BCUT2D eigenvalue weighted by Gasteiger charge is 2.26. The topological polar surface area (TPSA) is 64.6 Å². The summed E-state index contributed by atoms with van der Waals surface area (Å²) in [5, 5.41) is 3.19. The van der Waals surface area contributed by atoms with Gasteiger partial charge in [-0.15, -0.1) is 0 Å². The molecule has 102 valence electrons. The second-order valence-corrected chi connectivity index (χ2v) is 6.81. The van der Waals surface area contributed by atoms with Crippen LogP contribution in [0.3, 0.4) is 0 Å².